The highest BCUT2D eigenvalue weighted by Gasteiger charge is 2.68. The molecule has 0 spiro atoms. The van der Waals surface area contributed by atoms with Crippen molar-refractivity contribution in [2.75, 3.05) is 20.8 Å². The number of hydrogen-bond acceptors (Lipinski definition) is 12. The van der Waals surface area contributed by atoms with Crippen LogP contribution in [0.3, 0.4) is 0 Å². The highest BCUT2D eigenvalue weighted by molar-refractivity contribution is 7.91. The molecule has 8 atom stereocenters. The van der Waals surface area contributed by atoms with E-state index in [0.29, 0.717) is 25.0 Å². The number of hydrogen-bond donors (Lipinski definition) is 4. The van der Waals surface area contributed by atoms with Gasteiger partial charge in [-0.2, -0.15) is 8.78 Å². The fraction of sp³-hybridized carbons (Fsp3) is 0.707. The molecule has 0 unspecified atom stereocenters. The highest BCUT2D eigenvalue weighted by Crippen LogP contribution is 2.50. The summed E-state index contributed by atoms with van der Waals surface area (Å²) in [6.07, 6.45) is -4.91. The standard InChI is InChI=1S/C40H52F4N6O9S.CH4O/c1-7-22-27-19-50(28(22)32(51)48-39(18-23(39)31(41)42)35(53)49-60(55,56)38(5)14-15-38)34(52)30(37(2,3)4)47-36(54)59-26-16-20(26)10-8-9-13-40(43,44)29-33(58-27)46-25-17-21(57-6)11-12-24(25)45-29;1-2/h11-12,17,20,22-23,26-28,30-31H,7-10,13-16,18-19H2,1-6H3,(H,47,54)(H,48,51)(H,49,53);2H,1H3/t20-,22-,23+,26-,27+,28+,30-,39-;/m1./s1. The zero-order valence-corrected chi connectivity index (χ0v) is 36.6. The Kier molecular flexibility index (Phi) is 13.0. The lowest BCUT2D eigenvalue weighted by atomic mass is 9.85. The third-order valence-corrected chi connectivity index (χ3v) is 14.9. The summed E-state index contributed by atoms with van der Waals surface area (Å²) in [5, 5.41) is 12.1. The number of aliphatic hydroxyl groups is 1. The van der Waals surface area contributed by atoms with Crippen LogP contribution in [-0.2, 0) is 35.1 Å². The summed E-state index contributed by atoms with van der Waals surface area (Å²) < 4.78 is 105. The number of alkyl carbamates (subject to hydrolysis) is 1. The molecular weight excluding hydrogens is 845 g/mol. The lowest BCUT2D eigenvalue weighted by molar-refractivity contribution is -0.144. The number of methoxy groups -OCH3 is 1. The van der Waals surface area contributed by atoms with Gasteiger partial charge in [-0.3, -0.25) is 19.1 Å². The first-order valence-corrected chi connectivity index (χ1v) is 22.3. The molecule has 3 heterocycles. The predicted octanol–water partition coefficient (Wildman–Crippen LogP) is 4.57. The number of halogens is 4. The third kappa shape index (κ3) is 9.24. The van der Waals surface area contributed by atoms with Crippen molar-refractivity contribution in [3.63, 3.8) is 0 Å². The molecule has 1 aromatic carbocycles. The van der Waals surface area contributed by atoms with Crippen LogP contribution in [0.4, 0.5) is 22.4 Å². The molecule has 1 aromatic heterocycles. The van der Waals surface area contributed by atoms with Crippen LogP contribution in [0.15, 0.2) is 18.2 Å². The van der Waals surface area contributed by atoms with Crippen LogP contribution < -0.4 is 24.8 Å². The molecule has 4 amide bonds. The molecule has 16 nitrogen and oxygen atoms in total. The van der Waals surface area contributed by atoms with E-state index in [9.17, 15) is 36.4 Å². The first kappa shape index (κ1) is 47.0. The Morgan fingerprint density at radius 2 is 1.76 bits per heavy atom. The molecule has 4 N–H and O–H groups in total. The van der Waals surface area contributed by atoms with Gasteiger partial charge in [0.25, 0.3) is 11.8 Å². The van der Waals surface area contributed by atoms with Crippen LogP contribution in [0.2, 0.25) is 0 Å². The summed E-state index contributed by atoms with van der Waals surface area (Å²) >= 11 is 0. The maximum absolute atomic E-state index is 16.3. The molecular formula is C41H56F4N6O10S. The fourth-order valence-corrected chi connectivity index (χ4v) is 9.74. The van der Waals surface area contributed by atoms with E-state index in [1.54, 1.807) is 33.8 Å². The van der Waals surface area contributed by atoms with E-state index in [1.807, 2.05) is 4.72 Å². The Labute approximate surface area is 357 Å². The molecule has 7 rings (SSSR count). The van der Waals surface area contributed by atoms with E-state index in [2.05, 4.69) is 20.6 Å². The number of rotatable bonds is 8. The van der Waals surface area contributed by atoms with Gasteiger partial charge < -0.3 is 34.9 Å². The lowest BCUT2D eigenvalue weighted by Gasteiger charge is -2.36. The van der Waals surface area contributed by atoms with Crippen LogP contribution in [0.25, 0.3) is 11.0 Å². The molecule has 4 fully saturated rings. The molecule has 21 heteroatoms. The van der Waals surface area contributed by atoms with E-state index in [0.717, 1.165) is 12.0 Å². The van der Waals surface area contributed by atoms with Crippen molar-refractivity contribution in [2.45, 2.75) is 139 Å². The van der Waals surface area contributed by atoms with Gasteiger partial charge in [-0.1, -0.05) is 34.1 Å². The summed E-state index contributed by atoms with van der Waals surface area (Å²) in [5.41, 5.74) is -3.83. The van der Waals surface area contributed by atoms with Gasteiger partial charge in [0.05, 0.1) is 35.4 Å². The summed E-state index contributed by atoms with van der Waals surface area (Å²) in [6, 6.07) is 1.59. The van der Waals surface area contributed by atoms with Crippen molar-refractivity contribution >= 4 is 44.9 Å². The fourth-order valence-electron chi connectivity index (χ4n) is 8.43. The first-order chi connectivity index (χ1) is 29.0. The summed E-state index contributed by atoms with van der Waals surface area (Å²) in [6.45, 7) is 7.62. The molecule has 5 aliphatic rings. The number of nitrogens with one attached hydrogen (secondary N) is 3. The summed E-state index contributed by atoms with van der Waals surface area (Å²) in [5.74, 6) is -9.85. The van der Waals surface area contributed by atoms with Gasteiger partial charge in [0, 0.05) is 25.5 Å². The van der Waals surface area contributed by atoms with E-state index in [1.165, 1.54) is 26.2 Å². The van der Waals surface area contributed by atoms with E-state index in [-0.39, 0.29) is 42.6 Å². The lowest BCUT2D eigenvalue weighted by Crippen LogP contribution is -2.61. The number of nitrogens with zero attached hydrogens (tertiary/aromatic N) is 3. The van der Waals surface area contributed by atoms with Crippen molar-refractivity contribution in [2.24, 2.45) is 23.2 Å². The Morgan fingerprint density at radius 1 is 1.06 bits per heavy atom. The maximum atomic E-state index is 16.3. The Balaban J connectivity index is 0.00000316. The molecule has 2 aromatic rings. The van der Waals surface area contributed by atoms with Gasteiger partial charge in [0.1, 0.15) is 35.6 Å². The monoisotopic (exact) mass is 900 g/mol. The maximum Gasteiger partial charge on any atom is 0.408 e. The Bertz CT molecular complexity index is 2170. The van der Waals surface area contributed by atoms with Crippen LogP contribution >= 0.6 is 0 Å². The number of ether oxygens (including phenoxy) is 3. The normalized spacial score (nSPS) is 30.4. The zero-order valence-electron chi connectivity index (χ0n) is 35.8. The van der Waals surface area contributed by atoms with E-state index >= 15 is 8.78 Å². The number of carbonyl (C=O) groups is 4. The molecule has 3 saturated carbocycles. The van der Waals surface area contributed by atoms with Crippen molar-refractivity contribution < 1.29 is 64.5 Å². The van der Waals surface area contributed by atoms with Gasteiger partial charge in [-0.15, -0.1) is 0 Å². The largest absolute Gasteiger partial charge is 0.497 e. The number of carbonyl (C=O) groups excluding carboxylic acids is 4. The SMILES string of the molecule is CC[C@@H]1[C@@H]2CN(C(=O)[C@H](C(C)(C)C)NC(=O)O[C@@H]3C[C@H]3CCCCC(F)(F)c3nc4ccc(OC)cc4nc3O2)[C@@H]1C(=O)N[C@]1(C(=O)NS(=O)(=O)C2(C)CC2)C[C@H]1C(F)F.CO. The Morgan fingerprint density at radius 3 is 2.35 bits per heavy atom. The van der Waals surface area contributed by atoms with Crippen molar-refractivity contribution in [3.8, 4) is 11.6 Å². The first-order valence-electron chi connectivity index (χ1n) is 20.8. The van der Waals surface area contributed by atoms with Gasteiger partial charge in [0.2, 0.25) is 34.1 Å². The second-order valence-electron chi connectivity index (χ2n) is 18.2. The quantitative estimate of drug-likeness (QED) is 0.269. The number of aliphatic hydroxyl groups excluding tert-OH is 1. The number of aromatic nitrogens is 2. The predicted molar refractivity (Wildman–Crippen MR) is 215 cm³/mol. The number of fused-ring (bicyclic) bond motifs is 5. The summed E-state index contributed by atoms with van der Waals surface area (Å²) in [7, 11) is -1.89. The van der Waals surface area contributed by atoms with Gasteiger partial charge >= 0.3 is 6.09 Å². The second-order valence-corrected chi connectivity index (χ2v) is 20.4. The Hall–Kier alpha value is -4.53. The van der Waals surface area contributed by atoms with E-state index in [4.69, 9.17) is 19.3 Å². The average molecular weight is 901 g/mol. The molecule has 62 heavy (non-hydrogen) atoms. The van der Waals surface area contributed by atoms with Gasteiger partial charge in [-0.05, 0) is 75.3 Å². The van der Waals surface area contributed by atoms with Crippen molar-refractivity contribution in [3.05, 3.63) is 23.9 Å². The third-order valence-electron chi connectivity index (χ3n) is 12.8. The van der Waals surface area contributed by atoms with Crippen molar-refractivity contribution in [1.82, 2.24) is 30.2 Å². The average Bonchev–Trinajstić information content (AvgIpc) is 4.16. The molecule has 2 bridgehead atoms. The molecule has 2 aliphatic heterocycles. The van der Waals surface area contributed by atoms with Crippen LogP contribution in [0, 0.1) is 23.2 Å². The number of benzene rings is 1. The van der Waals surface area contributed by atoms with Crippen LogP contribution in [-0.4, -0.2) is 114 Å². The van der Waals surface area contributed by atoms with Crippen LogP contribution in [0.5, 0.6) is 11.6 Å². The minimum absolute atomic E-state index is 0.0516. The van der Waals surface area contributed by atoms with Gasteiger partial charge in [0.15, 0.2) is 5.69 Å². The number of amides is 4. The molecule has 344 valence electrons. The van der Waals surface area contributed by atoms with Crippen molar-refractivity contribution in [1.29, 1.82) is 0 Å². The minimum Gasteiger partial charge on any atom is -0.497 e. The van der Waals surface area contributed by atoms with Crippen LogP contribution in [0.1, 0.15) is 98.1 Å². The number of alkyl halides is 4. The number of sulfonamides is 1. The highest BCUT2D eigenvalue weighted by atomic mass is 32.2. The molecule has 3 aliphatic carbocycles. The topological polar surface area (TPSA) is 215 Å². The van der Waals surface area contributed by atoms with E-state index < -0.39 is 129 Å². The minimum atomic E-state index is -4.31. The summed E-state index contributed by atoms with van der Waals surface area (Å²) in [4.78, 5) is 66.3. The molecule has 1 saturated heterocycles. The van der Waals surface area contributed by atoms with Gasteiger partial charge in [-0.25, -0.2) is 32.0 Å². The zero-order chi connectivity index (χ0) is 45.7. The molecule has 0 radical (unpaired) electrons. The smallest absolute Gasteiger partial charge is 0.408 e. The second kappa shape index (κ2) is 17.2.